The molecule has 2 aromatic rings. The number of carbonyl (C=O) groups excluding carboxylic acids is 2. The largest absolute Gasteiger partial charge is 0.454 e. The summed E-state index contributed by atoms with van der Waals surface area (Å²) in [7, 11) is 0. The van der Waals surface area contributed by atoms with Gasteiger partial charge >= 0.3 is 5.97 Å². The van der Waals surface area contributed by atoms with Crippen LogP contribution in [0.4, 0.5) is 5.69 Å². The molecular formula is C13H15N5O3. The number of nitrogens with zero attached hydrogens (tertiary/aromatic N) is 4. The lowest BCUT2D eigenvalue weighted by atomic mass is 10.1. The number of carbonyl (C=O) groups is 2. The third-order valence-electron chi connectivity index (χ3n) is 2.55. The van der Waals surface area contributed by atoms with E-state index in [0.29, 0.717) is 5.69 Å². The number of hydrogen-bond acceptors (Lipinski definition) is 6. The Bertz CT molecular complexity index is 619. The van der Waals surface area contributed by atoms with Crippen LogP contribution in [-0.4, -0.2) is 38.7 Å². The van der Waals surface area contributed by atoms with Crippen LogP contribution in [0.5, 0.6) is 0 Å². The number of benzene rings is 1. The zero-order valence-corrected chi connectivity index (χ0v) is 11.7. The molecule has 0 saturated heterocycles. The molecule has 0 bridgehead atoms. The monoisotopic (exact) mass is 289 g/mol. The number of anilines is 1. The molecule has 110 valence electrons. The van der Waals surface area contributed by atoms with Gasteiger partial charge in [0.1, 0.15) is 12.9 Å². The average Bonchev–Trinajstić information content (AvgIpc) is 2.88. The molecule has 0 atom stereocenters. The normalized spacial score (nSPS) is 10.2. The predicted octanol–water partition coefficient (Wildman–Crippen LogP) is 0.472. The Morgan fingerprint density at radius 1 is 1.24 bits per heavy atom. The second kappa shape index (κ2) is 6.60. The number of hydrogen-bond donors (Lipinski definition) is 1. The molecule has 8 heteroatoms. The zero-order valence-electron chi connectivity index (χ0n) is 11.7. The van der Waals surface area contributed by atoms with E-state index in [-0.39, 0.29) is 13.2 Å². The van der Waals surface area contributed by atoms with Gasteiger partial charge in [0.05, 0.1) is 0 Å². The Morgan fingerprint density at radius 3 is 2.57 bits per heavy atom. The number of tetrazole rings is 1. The minimum Gasteiger partial charge on any atom is -0.454 e. The molecule has 2 rings (SSSR count). The summed E-state index contributed by atoms with van der Waals surface area (Å²) in [5.74, 6) is -0.983. The molecule has 0 aliphatic carbocycles. The molecule has 0 radical (unpaired) electrons. The van der Waals surface area contributed by atoms with Gasteiger partial charge in [-0.2, -0.15) is 0 Å². The summed E-state index contributed by atoms with van der Waals surface area (Å²) in [5, 5.41) is 13.0. The summed E-state index contributed by atoms with van der Waals surface area (Å²) in [6.07, 6.45) is 1.29. The third kappa shape index (κ3) is 4.68. The smallest absolute Gasteiger partial charge is 0.328 e. The van der Waals surface area contributed by atoms with E-state index >= 15 is 0 Å². The molecule has 21 heavy (non-hydrogen) atoms. The predicted molar refractivity (Wildman–Crippen MR) is 73.3 cm³/mol. The van der Waals surface area contributed by atoms with Gasteiger partial charge in [-0.15, -0.1) is 5.10 Å². The maximum Gasteiger partial charge on any atom is 0.328 e. The lowest BCUT2D eigenvalue weighted by Crippen LogP contribution is -2.23. The average molecular weight is 289 g/mol. The number of aryl methyl sites for hydroxylation is 2. The highest BCUT2D eigenvalue weighted by Crippen LogP contribution is 2.13. The van der Waals surface area contributed by atoms with Crippen LogP contribution in [-0.2, 0) is 20.9 Å². The van der Waals surface area contributed by atoms with E-state index in [1.807, 2.05) is 32.0 Å². The molecule has 0 aliphatic rings. The van der Waals surface area contributed by atoms with Crippen LogP contribution in [0.15, 0.2) is 24.5 Å². The maximum absolute atomic E-state index is 11.7. The summed E-state index contributed by atoms with van der Waals surface area (Å²) < 4.78 is 6.05. The van der Waals surface area contributed by atoms with Crippen molar-refractivity contribution in [1.82, 2.24) is 20.2 Å². The van der Waals surface area contributed by atoms with E-state index in [9.17, 15) is 9.59 Å². The molecule has 0 fully saturated rings. The van der Waals surface area contributed by atoms with Gasteiger partial charge in [-0.05, 0) is 47.5 Å². The first-order valence-corrected chi connectivity index (χ1v) is 6.27. The molecule has 1 aromatic carbocycles. The second-order valence-electron chi connectivity index (χ2n) is 4.59. The van der Waals surface area contributed by atoms with Crippen molar-refractivity contribution in [2.75, 3.05) is 11.9 Å². The number of ether oxygens (including phenoxy) is 1. The van der Waals surface area contributed by atoms with Gasteiger partial charge in [-0.25, -0.2) is 4.68 Å². The molecule has 1 aromatic heterocycles. The highest BCUT2D eigenvalue weighted by atomic mass is 16.5. The van der Waals surface area contributed by atoms with E-state index in [1.54, 1.807) is 0 Å². The summed E-state index contributed by atoms with van der Waals surface area (Å²) in [6.45, 7) is 3.39. The van der Waals surface area contributed by atoms with Crippen LogP contribution in [0, 0.1) is 13.8 Å². The van der Waals surface area contributed by atoms with E-state index in [2.05, 4.69) is 20.8 Å². The number of nitrogens with one attached hydrogen (secondary N) is 1. The third-order valence-corrected chi connectivity index (χ3v) is 2.55. The number of esters is 1. The molecule has 0 saturated carbocycles. The van der Waals surface area contributed by atoms with Crippen molar-refractivity contribution in [2.45, 2.75) is 20.4 Å². The summed E-state index contributed by atoms with van der Waals surface area (Å²) in [5.41, 5.74) is 2.76. The first kappa shape index (κ1) is 14.6. The number of amides is 1. The van der Waals surface area contributed by atoms with Gasteiger partial charge in [-0.3, -0.25) is 9.59 Å². The number of rotatable bonds is 5. The molecule has 1 N–H and O–H groups in total. The van der Waals surface area contributed by atoms with Gasteiger partial charge < -0.3 is 10.1 Å². The molecule has 1 heterocycles. The first-order valence-electron chi connectivity index (χ1n) is 6.27. The zero-order chi connectivity index (χ0) is 15.2. The lowest BCUT2D eigenvalue weighted by molar-refractivity contribution is -0.148. The molecule has 0 spiro atoms. The molecule has 0 aliphatic heterocycles. The van der Waals surface area contributed by atoms with Gasteiger partial charge in [0, 0.05) is 5.69 Å². The fourth-order valence-corrected chi connectivity index (χ4v) is 1.82. The Hall–Kier alpha value is -2.77. The Balaban J connectivity index is 1.80. The number of aromatic nitrogens is 4. The van der Waals surface area contributed by atoms with Crippen molar-refractivity contribution < 1.29 is 14.3 Å². The van der Waals surface area contributed by atoms with Crippen molar-refractivity contribution >= 4 is 17.6 Å². The lowest BCUT2D eigenvalue weighted by Gasteiger charge is -2.08. The van der Waals surface area contributed by atoms with Crippen molar-refractivity contribution in [1.29, 1.82) is 0 Å². The SMILES string of the molecule is Cc1cc(C)cc(NC(=O)COC(=O)Cn2cnnn2)c1. The van der Waals surface area contributed by atoms with Gasteiger partial charge in [0.15, 0.2) is 6.61 Å². The van der Waals surface area contributed by atoms with Crippen molar-refractivity contribution in [3.63, 3.8) is 0 Å². The van der Waals surface area contributed by atoms with Gasteiger partial charge in [0.25, 0.3) is 5.91 Å². The highest BCUT2D eigenvalue weighted by Gasteiger charge is 2.09. The standard InChI is InChI=1S/C13H15N5O3/c1-9-3-10(2)5-11(4-9)15-12(19)7-21-13(20)6-18-8-14-16-17-18/h3-5,8H,6-7H2,1-2H3,(H,15,19). The summed E-state index contributed by atoms with van der Waals surface area (Å²) in [6, 6.07) is 5.68. The van der Waals surface area contributed by atoms with Crippen LogP contribution < -0.4 is 5.32 Å². The van der Waals surface area contributed by atoms with Crippen molar-refractivity contribution in [3.8, 4) is 0 Å². The molecule has 1 amide bonds. The van der Waals surface area contributed by atoms with Crippen molar-refractivity contribution in [3.05, 3.63) is 35.7 Å². The highest BCUT2D eigenvalue weighted by molar-refractivity contribution is 5.92. The summed E-state index contributed by atoms with van der Waals surface area (Å²) in [4.78, 5) is 23.2. The van der Waals surface area contributed by atoms with Crippen LogP contribution >= 0.6 is 0 Å². The molecule has 0 unspecified atom stereocenters. The Labute approximate surface area is 121 Å². The van der Waals surface area contributed by atoms with Crippen LogP contribution in [0.1, 0.15) is 11.1 Å². The Kier molecular flexibility index (Phi) is 4.60. The first-order chi connectivity index (χ1) is 10.0. The van der Waals surface area contributed by atoms with E-state index < -0.39 is 11.9 Å². The van der Waals surface area contributed by atoms with E-state index in [1.165, 1.54) is 11.0 Å². The summed E-state index contributed by atoms with van der Waals surface area (Å²) >= 11 is 0. The minimum atomic E-state index is -0.585. The second-order valence-corrected chi connectivity index (χ2v) is 4.59. The van der Waals surface area contributed by atoms with Crippen LogP contribution in [0.3, 0.4) is 0 Å². The minimum absolute atomic E-state index is 0.135. The molecule has 8 nitrogen and oxygen atoms in total. The quantitative estimate of drug-likeness (QED) is 0.803. The fourth-order valence-electron chi connectivity index (χ4n) is 1.82. The maximum atomic E-state index is 11.7. The van der Waals surface area contributed by atoms with Crippen LogP contribution in [0.25, 0.3) is 0 Å². The van der Waals surface area contributed by atoms with Crippen LogP contribution in [0.2, 0.25) is 0 Å². The molecular weight excluding hydrogens is 274 g/mol. The van der Waals surface area contributed by atoms with Gasteiger partial charge in [0.2, 0.25) is 0 Å². The Morgan fingerprint density at radius 2 is 1.95 bits per heavy atom. The van der Waals surface area contributed by atoms with E-state index in [4.69, 9.17) is 4.74 Å². The topological polar surface area (TPSA) is 99.0 Å². The van der Waals surface area contributed by atoms with E-state index in [0.717, 1.165) is 11.1 Å². The van der Waals surface area contributed by atoms with Crippen molar-refractivity contribution in [2.24, 2.45) is 0 Å². The fraction of sp³-hybridized carbons (Fsp3) is 0.308. The van der Waals surface area contributed by atoms with Gasteiger partial charge in [-0.1, -0.05) is 6.07 Å².